The van der Waals surface area contributed by atoms with Crippen LogP contribution in [0.4, 0.5) is 0 Å². The second-order valence-electron chi connectivity index (χ2n) is 15.7. The lowest BCUT2D eigenvalue weighted by Gasteiger charge is -2.25. The normalized spacial score (nSPS) is 22.9. The van der Waals surface area contributed by atoms with Gasteiger partial charge >= 0.3 is 0 Å². The lowest BCUT2D eigenvalue weighted by atomic mass is 10.1. The molecule has 0 radical (unpaired) electrons. The third-order valence-corrected chi connectivity index (χ3v) is 13.9. The number of fused-ring (bicyclic) bond motifs is 1. The Kier molecular flexibility index (Phi) is 11.4. The summed E-state index contributed by atoms with van der Waals surface area (Å²) in [6.45, 7) is 10.2. The summed E-state index contributed by atoms with van der Waals surface area (Å²) in [5.41, 5.74) is 15.8. The van der Waals surface area contributed by atoms with Crippen LogP contribution in [0.15, 0.2) is 35.7 Å². The minimum absolute atomic E-state index is 0.0291. The number of thiazole rings is 1. The molecule has 13 nitrogen and oxygen atoms in total. The van der Waals surface area contributed by atoms with Gasteiger partial charge in [-0.25, -0.2) is 13.4 Å². The number of hydrogen-bond donors (Lipinski definition) is 3. The predicted molar refractivity (Wildman–Crippen MR) is 206 cm³/mol. The van der Waals surface area contributed by atoms with Crippen molar-refractivity contribution in [1.29, 1.82) is 0 Å². The van der Waals surface area contributed by atoms with Gasteiger partial charge in [0.1, 0.15) is 22.7 Å². The van der Waals surface area contributed by atoms with E-state index in [0.717, 1.165) is 53.0 Å². The van der Waals surface area contributed by atoms with Crippen molar-refractivity contribution in [3.05, 3.63) is 41.4 Å². The Labute approximate surface area is 316 Å². The monoisotopic (exact) mass is 767 g/mol. The largest absolute Gasteiger partial charge is 0.459 e. The van der Waals surface area contributed by atoms with Crippen LogP contribution in [0.25, 0.3) is 21.6 Å². The highest BCUT2D eigenvalue weighted by Crippen LogP contribution is 2.44. The number of imidazole rings is 1. The van der Waals surface area contributed by atoms with Gasteiger partial charge in [-0.05, 0) is 83.3 Å². The van der Waals surface area contributed by atoms with Gasteiger partial charge in [0, 0.05) is 29.3 Å². The van der Waals surface area contributed by atoms with Crippen molar-refractivity contribution in [2.45, 2.75) is 127 Å². The number of aromatic nitrogens is 3. The summed E-state index contributed by atoms with van der Waals surface area (Å²) in [4.78, 5) is 49.7. The Balaban J connectivity index is 0.993. The van der Waals surface area contributed by atoms with Crippen LogP contribution in [0.2, 0.25) is 0 Å². The van der Waals surface area contributed by atoms with E-state index in [0.29, 0.717) is 37.6 Å². The van der Waals surface area contributed by atoms with Crippen LogP contribution in [-0.2, 0) is 24.4 Å². The summed E-state index contributed by atoms with van der Waals surface area (Å²) >= 11 is 1.59. The molecule has 1 saturated heterocycles. The second kappa shape index (κ2) is 15.5. The maximum absolute atomic E-state index is 13.5. The third kappa shape index (κ3) is 8.46. The SMILES string of the molecule is CC(C)c1csc(-c2cccc3c2nc(O[C@@H]2C[C@@H](C(N)=O)N(C(=O)[C@@H](N)CCCCC/C=C\[C@@H]4C[C@@H]4C(=O)NS(=O)(=O)C4(C)CC4)C2)n3C(C)C)n1. The molecule has 2 aromatic heterocycles. The zero-order valence-electron chi connectivity index (χ0n) is 31.3. The van der Waals surface area contributed by atoms with E-state index in [1.807, 2.05) is 34.9 Å². The number of rotatable bonds is 17. The third-order valence-electron chi connectivity index (χ3n) is 10.8. The molecule has 3 amide bonds. The zero-order valence-corrected chi connectivity index (χ0v) is 32.9. The number of nitrogens with two attached hydrogens (primary N) is 2. The molecule has 2 aliphatic carbocycles. The Morgan fingerprint density at radius 2 is 1.87 bits per heavy atom. The van der Waals surface area contributed by atoms with E-state index in [4.69, 9.17) is 26.2 Å². The standard InChI is InChI=1S/C38H53N7O6S2/c1-22(2)29-21-52-35(41-29)26-13-11-15-30-32(26)42-37(45(30)23(3)4)51-25-19-31(33(40)46)44(20-25)36(48)28(39)14-10-8-6-7-9-12-24-18-27(24)34(47)43-53(49,50)38(5)16-17-38/h9,11-13,15,21-25,27-28,31H,6-8,10,14,16-20,39H2,1-5H3,(H2,40,46)(H,43,47)/b12-9-/t24-,25-,27+,28+,31+/m1/s1. The molecule has 15 heteroatoms. The molecule has 5 N–H and O–H groups in total. The number of hydrogen-bond acceptors (Lipinski definition) is 10. The van der Waals surface area contributed by atoms with Gasteiger partial charge in [-0.3, -0.25) is 23.7 Å². The first kappa shape index (κ1) is 38.9. The highest BCUT2D eigenvalue weighted by atomic mass is 32.2. The number of allylic oxidation sites excluding steroid dienone is 2. The van der Waals surface area contributed by atoms with Crippen molar-refractivity contribution in [3.63, 3.8) is 0 Å². The van der Waals surface area contributed by atoms with Crippen LogP contribution in [0.5, 0.6) is 6.01 Å². The van der Waals surface area contributed by atoms with Gasteiger partial charge in [0.25, 0.3) is 6.01 Å². The molecule has 0 spiro atoms. The topological polar surface area (TPSA) is 193 Å². The number of carbonyl (C=O) groups is 3. The average Bonchev–Trinajstić information content (AvgIpc) is 3.85. The van der Waals surface area contributed by atoms with Crippen LogP contribution in [0.1, 0.15) is 110 Å². The lowest BCUT2D eigenvalue weighted by molar-refractivity contribution is -0.138. The predicted octanol–water partition coefficient (Wildman–Crippen LogP) is 5.17. The summed E-state index contributed by atoms with van der Waals surface area (Å²) in [6, 6.07) is 4.87. The number of benzene rings is 1. The lowest BCUT2D eigenvalue weighted by Crippen LogP contribution is -2.50. The van der Waals surface area contributed by atoms with Gasteiger partial charge in [-0.15, -0.1) is 11.3 Å². The second-order valence-corrected chi connectivity index (χ2v) is 18.8. The highest BCUT2D eigenvalue weighted by Gasteiger charge is 2.52. The summed E-state index contributed by atoms with van der Waals surface area (Å²) in [5.74, 6) is -1.23. The first-order valence-electron chi connectivity index (χ1n) is 18.8. The molecule has 3 fully saturated rings. The van der Waals surface area contributed by atoms with E-state index in [-0.39, 0.29) is 36.8 Å². The number of ether oxygens (including phenoxy) is 1. The van der Waals surface area contributed by atoms with Crippen LogP contribution in [0.3, 0.4) is 0 Å². The fraction of sp³-hybridized carbons (Fsp3) is 0.605. The fourth-order valence-corrected chi connectivity index (χ4v) is 9.30. The van der Waals surface area contributed by atoms with E-state index >= 15 is 0 Å². The Morgan fingerprint density at radius 3 is 2.53 bits per heavy atom. The van der Waals surface area contributed by atoms with E-state index in [1.165, 1.54) is 4.90 Å². The molecule has 53 heavy (non-hydrogen) atoms. The van der Waals surface area contributed by atoms with Gasteiger partial charge in [0.2, 0.25) is 27.7 Å². The molecule has 2 saturated carbocycles. The molecule has 0 unspecified atom stereocenters. The van der Waals surface area contributed by atoms with Crippen molar-refractivity contribution in [1.82, 2.24) is 24.2 Å². The summed E-state index contributed by atoms with van der Waals surface area (Å²) in [7, 11) is -3.61. The number of carbonyl (C=O) groups excluding carboxylic acids is 3. The van der Waals surface area contributed by atoms with Crippen LogP contribution < -0.4 is 20.9 Å². The zero-order chi connectivity index (χ0) is 38.2. The van der Waals surface area contributed by atoms with Crippen molar-refractivity contribution >= 4 is 50.1 Å². The quantitative estimate of drug-likeness (QED) is 0.123. The van der Waals surface area contributed by atoms with Crippen molar-refractivity contribution in [2.24, 2.45) is 23.3 Å². The fourth-order valence-electron chi connectivity index (χ4n) is 6.99. The first-order chi connectivity index (χ1) is 25.1. The number of para-hydroxylation sites is 1. The van der Waals surface area contributed by atoms with Crippen molar-refractivity contribution < 1.29 is 27.5 Å². The molecule has 1 aromatic carbocycles. The number of likely N-dealkylation sites (tertiary alicyclic amines) is 1. The number of nitrogens with one attached hydrogen (secondary N) is 1. The number of amides is 3. The molecule has 3 heterocycles. The van der Waals surface area contributed by atoms with Crippen molar-refractivity contribution in [2.75, 3.05) is 6.54 Å². The summed E-state index contributed by atoms with van der Waals surface area (Å²) in [6.07, 6.45) is 9.38. The molecular formula is C38H53N7O6S2. The van der Waals surface area contributed by atoms with Crippen LogP contribution in [-0.4, -0.2) is 75.1 Å². The summed E-state index contributed by atoms with van der Waals surface area (Å²) < 4.78 is 34.6. The average molecular weight is 768 g/mol. The van der Waals surface area contributed by atoms with E-state index in [2.05, 4.69) is 37.8 Å². The van der Waals surface area contributed by atoms with Crippen LogP contribution >= 0.6 is 11.3 Å². The summed E-state index contributed by atoms with van der Waals surface area (Å²) in [5, 5.41) is 2.97. The molecule has 3 aromatic rings. The molecule has 0 bridgehead atoms. The Hall–Kier alpha value is -3.82. The smallest absolute Gasteiger partial charge is 0.297 e. The molecule has 3 aliphatic rings. The maximum Gasteiger partial charge on any atom is 0.297 e. The number of primary amides is 1. The van der Waals surface area contributed by atoms with E-state index in [1.54, 1.807) is 18.3 Å². The van der Waals surface area contributed by atoms with Gasteiger partial charge in [0.05, 0.1) is 28.5 Å². The molecular weight excluding hydrogens is 715 g/mol. The van der Waals surface area contributed by atoms with Gasteiger partial charge < -0.3 is 21.1 Å². The first-order valence-corrected chi connectivity index (χ1v) is 21.2. The Morgan fingerprint density at radius 1 is 1.11 bits per heavy atom. The van der Waals surface area contributed by atoms with Crippen molar-refractivity contribution in [3.8, 4) is 16.6 Å². The molecule has 1 aliphatic heterocycles. The number of sulfonamides is 1. The van der Waals surface area contributed by atoms with E-state index in [9.17, 15) is 22.8 Å². The van der Waals surface area contributed by atoms with E-state index < -0.39 is 44.8 Å². The minimum Gasteiger partial charge on any atom is -0.459 e. The van der Waals surface area contributed by atoms with Gasteiger partial charge in [-0.1, -0.05) is 44.9 Å². The molecule has 5 atom stereocenters. The molecule has 288 valence electrons. The minimum atomic E-state index is -3.61. The highest BCUT2D eigenvalue weighted by molar-refractivity contribution is 7.91. The number of unbranched alkanes of at least 4 members (excludes halogenated alkanes) is 3. The Bertz CT molecular complexity index is 1980. The van der Waals surface area contributed by atoms with Gasteiger partial charge in [-0.2, -0.15) is 4.98 Å². The maximum atomic E-state index is 13.5. The van der Waals surface area contributed by atoms with Crippen LogP contribution in [0, 0.1) is 11.8 Å². The molecule has 6 rings (SSSR count). The van der Waals surface area contributed by atoms with Gasteiger partial charge in [0.15, 0.2) is 0 Å². The number of nitrogens with zero attached hydrogens (tertiary/aromatic N) is 4.